The van der Waals surface area contributed by atoms with Crippen LogP contribution in [0, 0.1) is 0 Å². The first-order chi connectivity index (χ1) is 14.3. The molecule has 0 radical (unpaired) electrons. The summed E-state index contributed by atoms with van der Waals surface area (Å²) >= 11 is 0. The van der Waals surface area contributed by atoms with E-state index >= 15 is 0 Å². The summed E-state index contributed by atoms with van der Waals surface area (Å²) in [5.74, 6) is 0.230. The molecule has 5 nitrogen and oxygen atoms in total. The molecule has 156 valence electrons. The standard InChI is InChI=1S/C22H20F3N3O2/c1-27(16-7-5-6-15(13-16)22(23,24)25)20(29)14-9-10-17-18(12-14)26-19-8-3-2-4-11-28(19)21(17)30/h5-7,9-10,12-13H,2-4,8,11H2,1H3. The lowest BCUT2D eigenvalue weighted by molar-refractivity contribution is -0.137. The van der Waals surface area contributed by atoms with Crippen molar-refractivity contribution in [2.75, 3.05) is 11.9 Å². The van der Waals surface area contributed by atoms with Crippen LogP contribution in [0.2, 0.25) is 0 Å². The van der Waals surface area contributed by atoms with E-state index in [1.165, 1.54) is 31.3 Å². The Morgan fingerprint density at radius 1 is 1.10 bits per heavy atom. The second kappa shape index (κ2) is 7.59. The fourth-order valence-corrected chi connectivity index (χ4v) is 3.75. The monoisotopic (exact) mass is 415 g/mol. The molecule has 3 aromatic rings. The van der Waals surface area contributed by atoms with E-state index in [1.54, 1.807) is 10.6 Å². The zero-order chi connectivity index (χ0) is 21.5. The molecule has 4 rings (SSSR count). The van der Waals surface area contributed by atoms with Crippen molar-refractivity contribution in [1.82, 2.24) is 9.55 Å². The quantitative estimate of drug-likeness (QED) is 0.623. The predicted octanol–water partition coefficient (Wildman–Crippen LogP) is 4.42. The molecule has 2 aromatic carbocycles. The van der Waals surface area contributed by atoms with Gasteiger partial charge in [-0.2, -0.15) is 13.2 Å². The molecular weight excluding hydrogens is 395 g/mol. The Hall–Kier alpha value is -3.16. The number of hydrogen-bond acceptors (Lipinski definition) is 3. The van der Waals surface area contributed by atoms with Crippen molar-refractivity contribution >= 4 is 22.5 Å². The molecule has 0 N–H and O–H groups in total. The molecular formula is C22H20F3N3O2. The van der Waals surface area contributed by atoms with Crippen molar-refractivity contribution in [3.63, 3.8) is 0 Å². The molecule has 1 aliphatic rings. The zero-order valence-corrected chi connectivity index (χ0v) is 16.4. The second-order valence-corrected chi connectivity index (χ2v) is 7.44. The smallest absolute Gasteiger partial charge is 0.311 e. The molecule has 1 aliphatic heterocycles. The fraction of sp³-hybridized carbons (Fsp3) is 0.318. The van der Waals surface area contributed by atoms with Gasteiger partial charge in [0.1, 0.15) is 5.82 Å². The summed E-state index contributed by atoms with van der Waals surface area (Å²) < 4.78 is 40.7. The highest BCUT2D eigenvalue weighted by Gasteiger charge is 2.31. The molecule has 1 amide bonds. The molecule has 0 bridgehead atoms. The van der Waals surface area contributed by atoms with Gasteiger partial charge in [-0.25, -0.2) is 4.98 Å². The van der Waals surface area contributed by atoms with Crippen molar-refractivity contribution in [3.8, 4) is 0 Å². The van der Waals surface area contributed by atoms with Gasteiger partial charge in [0.2, 0.25) is 0 Å². The number of aryl methyl sites for hydroxylation is 1. The average molecular weight is 415 g/mol. The van der Waals surface area contributed by atoms with E-state index in [0.29, 0.717) is 29.7 Å². The Morgan fingerprint density at radius 2 is 1.90 bits per heavy atom. The molecule has 0 saturated heterocycles. The topological polar surface area (TPSA) is 55.2 Å². The number of aromatic nitrogens is 2. The van der Waals surface area contributed by atoms with Crippen LogP contribution >= 0.6 is 0 Å². The Labute approximate surface area is 170 Å². The van der Waals surface area contributed by atoms with Gasteiger partial charge in [-0.05, 0) is 49.2 Å². The minimum Gasteiger partial charge on any atom is -0.311 e. The molecule has 0 saturated carbocycles. The van der Waals surface area contributed by atoms with Crippen molar-refractivity contribution in [2.45, 2.75) is 38.4 Å². The minimum absolute atomic E-state index is 0.123. The second-order valence-electron chi connectivity index (χ2n) is 7.44. The third kappa shape index (κ3) is 3.69. The molecule has 8 heteroatoms. The van der Waals surface area contributed by atoms with Gasteiger partial charge in [-0.1, -0.05) is 12.5 Å². The molecule has 0 unspecified atom stereocenters. The normalized spacial score (nSPS) is 14.3. The van der Waals surface area contributed by atoms with Crippen LogP contribution in [0.4, 0.5) is 18.9 Å². The summed E-state index contributed by atoms with van der Waals surface area (Å²) in [5.41, 5.74) is -0.133. The van der Waals surface area contributed by atoms with E-state index in [4.69, 9.17) is 0 Å². The summed E-state index contributed by atoms with van der Waals surface area (Å²) in [4.78, 5) is 31.5. The van der Waals surface area contributed by atoms with Gasteiger partial charge in [-0.3, -0.25) is 14.2 Å². The lowest BCUT2D eigenvalue weighted by Gasteiger charge is -2.19. The van der Waals surface area contributed by atoms with Crippen LogP contribution in [0.25, 0.3) is 10.9 Å². The van der Waals surface area contributed by atoms with Crippen LogP contribution in [0.3, 0.4) is 0 Å². The number of carbonyl (C=O) groups is 1. The Kier molecular flexibility index (Phi) is 5.09. The minimum atomic E-state index is -4.49. The lowest BCUT2D eigenvalue weighted by Crippen LogP contribution is -2.27. The van der Waals surface area contributed by atoms with Gasteiger partial charge >= 0.3 is 6.18 Å². The zero-order valence-electron chi connectivity index (χ0n) is 16.4. The maximum atomic E-state index is 13.0. The Bertz CT molecular complexity index is 1180. The number of alkyl halides is 3. The van der Waals surface area contributed by atoms with Gasteiger partial charge in [0.05, 0.1) is 16.5 Å². The van der Waals surface area contributed by atoms with E-state index in [-0.39, 0.29) is 16.8 Å². The number of amides is 1. The molecule has 1 aromatic heterocycles. The van der Waals surface area contributed by atoms with Gasteiger partial charge < -0.3 is 4.90 Å². The van der Waals surface area contributed by atoms with Crippen LogP contribution in [0.5, 0.6) is 0 Å². The summed E-state index contributed by atoms with van der Waals surface area (Å²) in [5, 5.41) is 0.430. The number of fused-ring (bicyclic) bond motifs is 2. The predicted molar refractivity (Wildman–Crippen MR) is 108 cm³/mol. The number of rotatable bonds is 2. The number of halogens is 3. The van der Waals surface area contributed by atoms with Crippen LogP contribution in [0.15, 0.2) is 47.3 Å². The third-order valence-electron chi connectivity index (χ3n) is 5.43. The fourth-order valence-electron chi connectivity index (χ4n) is 3.75. The van der Waals surface area contributed by atoms with Gasteiger partial charge in [-0.15, -0.1) is 0 Å². The third-order valence-corrected chi connectivity index (χ3v) is 5.43. The molecule has 0 aliphatic carbocycles. The van der Waals surface area contributed by atoms with E-state index in [0.717, 1.165) is 36.3 Å². The highest BCUT2D eigenvalue weighted by molar-refractivity contribution is 6.07. The van der Waals surface area contributed by atoms with E-state index in [1.807, 2.05) is 0 Å². The first-order valence-corrected chi connectivity index (χ1v) is 9.74. The van der Waals surface area contributed by atoms with Crippen LogP contribution in [-0.4, -0.2) is 22.5 Å². The summed E-state index contributed by atoms with van der Waals surface area (Å²) in [6, 6.07) is 9.22. The first-order valence-electron chi connectivity index (χ1n) is 9.74. The summed E-state index contributed by atoms with van der Waals surface area (Å²) in [6.45, 7) is 0.635. The van der Waals surface area contributed by atoms with Crippen molar-refractivity contribution in [2.24, 2.45) is 0 Å². The van der Waals surface area contributed by atoms with Crippen LogP contribution in [-0.2, 0) is 19.1 Å². The van der Waals surface area contributed by atoms with Gasteiger partial charge in [0.25, 0.3) is 11.5 Å². The number of anilines is 1. The van der Waals surface area contributed by atoms with Crippen molar-refractivity contribution in [3.05, 3.63) is 69.8 Å². The maximum absolute atomic E-state index is 13.0. The van der Waals surface area contributed by atoms with E-state index < -0.39 is 17.6 Å². The highest BCUT2D eigenvalue weighted by atomic mass is 19.4. The van der Waals surface area contributed by atoms with Crippen molar-refractivity contribution in [1.29, 1.82) is 0 Å². The SMILES string of the molecule is CN(C(=O)c1ccc2c(=O)n3c(nc2c1)CCCCC3)c1cccc(C(F)(F)F)c1. The van der Waals surface area contributed by atoms with Crippen LogP contribution in [0.1, 0.15) is 41.0 Å². The number of benzene rings is 2. The van der Waals surface area contributed by atoms with Crippen LogP contribution < -0.4 is 10.5 Å². The van der Waals surface area contributed by atoms with E-state index in [9.17, 15) is 22.8 Å². The molecule has 2 heterocycles. The number of nitrogens with zero attached hydrogens (tertiary/aromatic N) is 3. The molecule has 0 fully saturated rings. The molecule has 30 heavy (non-hydrogen) atoms. The largest absolute Gasteiger partial charge is 0.416 e. The number of hydrogen-bond donors (Lipinski definition) is 0. The summed E-state index contributed by atoms with van der Waals surface area (Å²) in [7, 11) is 1.42. The average Bonchev–Trinajstić information content (AvgIpc) is 2.97. The van der Waals surface area contributed by atoms with Crippen molar-refractivity contribution < 1.29 is 18.0 Å². The summed E-state index contributed by atoms with van der Waals surface area (Å²) in [6.07, 6.45) is -0.877. The first kappa shape index (κ1) is 20.1. The maximum Gasteiger partial charge on any atom is 0.416 e. The highest BCUT2D eigenvalue weighted by Crippen LogP contribution is 2.31. The molecule has 0 atom stereocenters. The Balaban J connectivity index is 1.71. The Morgan fingerprint density at radius 3 is 2.67 bits per heavy atom. The molecule has 0 spiro atoms. The van der Waals surface area contributed by atoms with Gasteiger partial charge in [0.15, 0.2) is 0 Å². The lowest BCUT2D eigenvalue weighted by atomic mass is 10.1. The van der Waals surface area contributed by atoms with E-state index in [2.05, 4.69) is 4.98 Å². The number of carbonyl (C=O) groups excluding carboxylic acids is 1. The van der Waals surface area contributed by atoms with Gasteiger partial charge in [0, 0.05) is 31.3 Å².